The molecular formula is C28H34N2O. The fourth-order valence-corrected chi connectivity index (χ4v) is 3.62. The van der Waals surface area contributed by atoms with Gasteiger partial charge in [0, 0.05) is 12.2 Å². The van der Waals surface area contributed by atoms with Crippen LogP contribution in [0.4, 0.5) is 10.5 Å². The highest BCUT2D eigenvalue weighted by Gasteiger charge is 2.22. The van der Waals surface area contributed by atoms with E-state index in [1.807, 2.05) is 35.2 Å². The molecule has 0 saturated heterocycles. The Labute approximate surface area is 187 Å². The summed E-state index contributed by atoms with van der Waals surface area (Å²) in [5.74, 6) is 0. The Kier molecular flexibility index (Phi) is 7.17. The van der Waals surface area contributed by atoms with E-state index in [0.717, 1.165) is 23.2 Å². The molecule has 0 radical (unpaired) electrons. The summed E-state index contributed by atoms with van der Waals surface area (Å²) in [6.07, 6.45) is 0.982. The Morgan fingerprint density at radius 3 is 2.00 bits per heavy atom. The van der Waals surface area contributed by atoms with Crippen LogP contribution in [0, 0.1) is 0 Å². The number of carbonyl (C=O) groups excluding carboxylic acids is 1. The van der Waals surface area contributed by atoms with E-state index in [1.54, 1.807) is 0 Å². The summed E-state index contributed by atoms with van der Waals surface area (Å²) in [4.78, 5) is 15.2. The average molecular weight is 415 g/mol. The highest BCUT2D eigenvalue weighted by molar-refractivity contribution is 5.89. The van der Waals surface area contributed by atoms with Crippen LogP contribution in [0.25, 0.3) is 0 Å². The van der Waals surface area contributed by atoms with Crippen LogP contribution in [0.1, 0.15) is 62.9 Å². The van der Waals surface area contributed by atoms with Gasteiger partial charge in [-0.2, -0.15) is 0 Å². The molecule has 31 heavy (non-hydrogen) atoms. The van der Waals surface area contributed by atoms with Gasteiger partial charge in [0.25, 0.3) is 0 Å². The van der Waals surface area contributed by atoms with Gasteiger partial charge in [0.2, 0.25) is 0 Å². The highest BCUT2D eigenvalue weighted by Crippen LogP contribution is 2.26. The summed E-state index contributed by atoms with van der Waals surface area (Å²) in [6, 6.07) is 26.7. The van der Waals surface area contributed by atoms with Crippen molar-refractivity contribution in [3.05, 3.63) is 101 Å². The monoisotopic (exact) mass is 414 g/mol. The van der Waals surface area contributed by atoms with Crippen molar-refractivity contribution in [3.63, 3.8) is 0 Å². The van der Waals surface area contributed by atoms with E-state index in [4.69, 9.17) is 0 Å². The molecule has 3 rings (SSSR count). The zero-order valence-electron chi connectivity index (χ0n) is 19.4. The first kappa shape index (κ1) is 22.6. The fraction of sp³-hybridized carbons (Fsp3) is 0.321. The molecule has 162 valence electrons. The third kappa shape index (κ3) is 5.97. The normalized spacial score (nSPS) is 12.3. The van der Waals surface area contributed by atoms with Crippen LogP contribution in [0.3, 0.4) is 0 Å². The van der Waals surface area contributed by atoms with Gasteiger partial charge >= 0.3 is 6.03 Å². The molecule has 0 bridgehead atoms. The Balaban J connectivity index is 1.84. The first-order valence-electron chi connectivity index (χ1n) is 11.1. The number of anilines is 1. The standard InChI is InChI=1S/C28H34N2O/c1-6-22-14-18-26(19-15-22)29-27(31)30(21(2)24-10-8-7-9-11-24)20-23-12-16-25(17-13-23)28(3,4)5/h7-19,21H,6,20H2,1-5H3,(H,29,31)/t21-/m0/s1. The van der Waals surface area contributed by atoms with E-state index in [9.17, 15) is 4.79 Å². The van der Waals surface area contributed by atoms with Crippen molar-refractivity contribution < 1.29 is 4.79 Å². The number of rotatable bonds is 6. The lowest BCUT2D eigenvalue weighted by molar-refractivity contribution is 0.189. The quantitative estimate of drug-likeness (QED) is 0.449. The number of benzene rings is 3. The van der Waals surface area contributed by atoms with Crippen LogP contribution < -0.4 is 5.32 Å². The topological polar surface area (TPSA) is 32.3 Å². The summed E-state index contributed by atoms with van der Waals surface area (Å²) >= 11 is 0. The predicted octanol–water partition coefficient (Wildman–Crippen LogP) is 7.34. The molecule has 0 saturated carbocycles. The third-order valence-corrected chi connectivity index (χ3v) is 5.80. The number of hydrogen-bond acceptors (Lipinski definition) is 1. The van der Waals surface area contributed by atoms with Crippen molar-refractivity contribution in [2.24, 2.45) is 0 Å². The molecule has 0 aliphatic heterocycles. The number of carbonyl (C=O) groups is 1. The Morgan fingerprint density at radius 1 is 0.871 bits per heavy atom. The molecule has 1 atom stereocenters. The van der Waals surface area contributed by atoms with Gasteiger partial charge in [0.15, 0.2) is 0 Å². The van der Waals surface area contributed by atoms with E-state index in [1.165, 1.54) is 11.1 Å². The van der Waals surface area contributed by atoms with Crippen LogP contribution >= 0.6 is 0 Å². The SMILES string of the molecule is CCc1ccc(NC(=O)N(Cc2ccc(C(C)(C)C)cc2)[C@@H](C)c2ccccc2)cc1. The van der Waals surface area contributed by atoms with Crippen LogP contribution in [-0.2, 0) is 18.4 Å². The smallest absolute Gasteiger partial charge is 0.313 e. The number of nitrogens with one attached hydrogen (secondary N) is 1. The maximum Gasteiger partial charge on any atom is 0.322 e. The highest BCUT2D eigenvalue weighted by atomic mass is 16.2. The fourth-order valence-electron chi connectivity index (χ4n) is 3.62. The summed E-state index contributed by atoms with van der Waals surface area (Å²) < 4.78 is 0. The van der Waals surface area contributed by atoms with Crippen LogP contribution in [0.5, 0.6) is 0 Å². The summed E-state index contributed by atoms with van der Waals surface area (Å²) in [5.41, 5.74) is 5.70. The lowest BCUT2D eigenvalue weighted by atomic mass is 9.86. The van der Waals surface area contributed by atoms with E-state index >= 15 is 0 Å². The Morgan fingerprint density at radius 2 is 1.45 bits per heavy atom. The molecule has 0 aliphatic rings. The molecule has 0 spiro atoms. The number of nitrogens with zero attached hydrogens (tertiary/aromatic N) is 1. The van der Waals surface area contributed by atoms with Gasteiger partial charge in [-0.15, -0.1) is 0 Å². The van der Waals surface area contributed by atoms with E-state index < -0.39 is 0 Å². The Bertz CT molecular complexity index is 970. The van der Waals surface area contributed by atoms with Crippen LogP contribution in [0.2, 0.25) is 0 Å². The minimum absolute atomic E-state index is 0.0570. The molecule has 0 aromatic heterocycles. The largest absolute Gasteiger partial charge is 0.322 e. The maximum atomic E-state index is 13.3. The molecule has 3 nitrogen and oxygen atoms in total. The van der Waals surface area contributed by atoms with Crippen molar-refractivity contribution in [1.29, 1.82) is 0 Å². The number of urea groups is 1. The van der Waals surface area contributed by atoms with Crippen molar-refractivity contribution in [2.75, 3.05) is 5.32 Å². The van der Waals surface area contributed by atoms with E-state index in [2.05, 4.69) is 88.5 Å². The Hall–Kier alpha value is -3.07. The zero-order chi connectivity index (χ0) is 22.4. The van der Waals surface area contributed by atoms with Crippen molar-refractivity contribution in [3.8, 4) is 0 Å². The zero-order valence-corrected chi connectivity index (χ0v) is 19.4. The number of hydrogen-bond donors (Lipinski definition) is 1. The van der Waals surface area contributed by atoms with Gasteiger partial charge in [0.05, 0.1) is 6.04 Å². The van der Waals surface area contributed by atoms with Crippen LogP contribution in [0.15, 0.2) is 78.9 Å². The summed E-state index contributed by atoms with van der Waals surface area (Å²) in [7, 11) is 0. The molecule has 0 heterocycles. The van der Waals surface area contributed by atoms with Crippen molar-refractivity contribution >= 4 is 11.7 Å². The van der Waals surface area contributed by atoms with E-state index in [-0.39, 0.29) is 17.5 Å². The summed E-state index contributed by atoms with van der Waals surface area (Å²) in [6.45, 7) is 11.4. The predicted molar refractivity (Wildman–Crippen MR) is 130 cm³/mol. The molecule has 0 aliphatic carbocycles. The number of amides is 2. The van der Waals surface area contributed by atoms with Gasteiger partial charge in [0.1, 0.15) is 0 Å². The van der Waals surface area contributed by atoms with Gasteiger partial charge < -0.3 is 10.2 Å². The molecule has 3 aromatic carbocycles. The van der Waals surface area contributed by atoms with Gasteiger partial charge in [-0.3, -0.25) is 0 Å². The van der Waals surface area contributed by atoms with Gasteiger partial charge in [-0.1, -0.05) is 94.4 Å². The first-order valence-corrected chi connectivity index (χ1v) is 11.1. The maximum absolute atomic E-state index is 13.3. The minimum Gasteiger partial charge on any atom is -0.313 e. The first-order chi connectivity index (χ1) is 14.8. The third-order valence-electron chi connectivity index (χ3n) is 5.80. The van der Waals surface area contributed by atoms with E-state index in [0.29, 0.717) is 6.54 Å². The summed E-state index contributed by atoms with van der Waals surface area (Å²) in [5, 5.41) is 3.09. The van der Waals surface area contributed by atoms with Crippen molar-refractivity contribution in [2.45, 2.75) is 59.0 Å². The molecule has 3 aromatic rings. The van der Waals surface area contributed by atoms with Gasteiger partial charge in [-0.05, 0) is 53.1 Å². The molecular weight excluding hydrogens is 380 g/mol. The van der Waals surface area contributed by atoms with Crippen LogP contribution in [-0.4, -0.2) is 10.9 Å². The average Bonchev–Trinajstić information content (AvgIpc) is 2.78. The molecule has 3 heteroatoms. The van der Waals surface area contributed by atoms with Gasteiger partial charge in [-0.25, -0.2) is 4.79 Å². The second-order valence-corrected chi connectivity index (χ2v) is 9.14. The lowest BCUT2D eigenvalue weighted by Crippen LogP contribution is -2.36. The van der Waals surface area contributed by atoms with Crippen molar-refractivity contribution in [1.82, 2.24) is 4.90 Å². The molecule has 1 N–H and O–H groups in total. The molecule has 0 fully saturated rings. The lowest BCUT2D eigenvalue weighted by Gasteiger charge is -2.30. The molecule has 2 amide bonds. The second kappa shape index (κ2) is 9.82. The minimum atomic E-state index is -0.0968. The second-order valence-electron chi connectivity index (χ2n) is 9.14. The molecule has 0 unspecified atom stereocenters. The number of aryl methyl sites for hydroxylation is 1.